The van der Waals surface area contributed by atoms with Crippen LogP contribution in [-0.4, -0.2) is 30.3 Å². The molecule has 0 bridgehead atoms. The highest BCUT2D eigenvalue weighted by Gasteiger charge is 2.16. The minimum atomic E-state index is -1.02. The van der Waals surface area contributed by atoms with Gasteiger partial charge in [-0.3, -0.25) is 5.32 Å². The maximum atomic E-state index is 10.8. The number of hydrogen-bond donors (Lipinski definition) is 4. The van der Waals surface area contributed by atoms with Crippen LogP contribution in [0.15, 0.2) is 24.3 Å². The minimum absolute atomic E-state index is 0.436. The Morgan fingerprint density at radius 2 is 2.10 bits per heavy atom. The number of anilines is 1. The summed E-state index contributed by atoms with van der Waals surface area (Å²) in [6, 6.07) is 7.96. The molecular weight excluding hydrogens is 266 g/mol. The zero-order chi connectivity index (χ0) is 15.1. The van der Waals surface area contributed by atoms with E-state index in [0.717, 1.165) is 24.6 Å². The first-order valence-corrected chi connectivity index (χ1v) is 7.67. The third-order valence-corrected chi connectivity index (χ3v) is 4.05. The van der Waals surface area contributed by atoms with Crippen LogP contribution in [0.2, 0.25) is 0 Å². The number of benzene rings is 1. The average Bonchev–Trinajstić information content (AvgIpc) is 2.47. The molecule has 1 aliphatic heterocycles. The largest absolute Gasteiger partial charge is 0.465 e. The summed E-state index contributed by atoms with van der Waals surface area (Å²) in [6.07, 6.45) is 2.66. The van der Waals surface area contributed by atoms with E-state index in [1.54, 1.807) is 6.07 Å². The lowest BCUT2D eigenvalue weighted by Crippen LogP contribution is -2.33. The van der Waals surface area contributed by atoms with Gasteiger partial charge in [0.25, 0.3) is 0 Å². The normalized spacial score (nSPS) is 17.4. The summed E-state index contributed by atoms with van der Waals surface area (Å²) in [6.45, 7) is 5.14. The molecule has 4 N–H and O–H groups in total. The zero-order valence-electron chi connectivity index (χ0n) is 12.6. The quantitative estimate of drug-likeness (QED) is 0.650. The molecule has 0 saturated carbocycles. The first-order valence-electron chi connectivity index (χ1n) is 7.67. The van der Waals surface area contributed by atoms with Crippen molar-refractivity contribution in [1.29, 1.82) is 0 Å². The summed E-state index contributed by atoms with van der Waals surface area (Å²) in [5.74, 6) is 0.793. The second kappa shape index (κ2) is 8.00. The van der Waals surface area contributed by atoms with E-state index in [1.807, 2.05) is 18.2 Å². The van der Waals surface area contributed by atoms with E-state index in [9.17, 15) is 4.79 Å². The van der Waals surface area contributed by atoms with Crippen LogP contribution in [-0.2, 0) is 6.54 Å². The predicted octanol–water partition coefficient (Wildman–Crippen LogP) is 2.64. The number of nitrogens with one attached hydrogen (secondary N) is 3. The minimum Gasteiger partial charge on any atom is -0.465 e. The van der Waals surface area contributed by atoms with Crippen molar-refractivity contribution >= 4 is 11.8 Å². The van der Waals surface area contributed by atoms with Crippen LogP contribution in [0, 0.1) is 5.92 Å². The molecule has 0 aromatic heterocycles. The lowest BCUT2D eigenvalue weighted by atomic mass is 9.91. The Morgan fingerprint density at radius 3 is 2.81 bits per heavy atom. The number of carbonyl (C=O) groups is 1. The van der Waals surface area contributed by atoms with Crippen molar-refractivity contribution in [2.45, 2.75) is 38.8 Å². The molecule has 116 valence electrons. The molecule has 1 saturated heterocycles. The topological polar surface area (TPSA) is 73.4 Å². The number of carboxylic acid groups (broad SMARTS) is 1. The summed E-state index contributed by atoms with van der Waals surface area (Å²) >= 11 is 0. The van der Waals surface area contributed by atoms with Gasteiger partial charge in [0.1, 0.15) is 0 Å². The van der Waals surface area contributed by atoms with Gasteiger partial charge in [0.15, 0.2) is 0 Å². The van der Waals surface area contributed by atoms with Gasteiger partial charge in [-0.05, 0) is 56.8 Å². The van der Waals surface area contributed by atoms with Crippen molar-refractivity contribution in [3.63, 3.8) is 0 Å². The third kappa shape index (κ3) is 5.36. The summed E-state index contributed by atoms with van der Waals surface area (Å²) < 4.78 is 0. The molecule has 1 fully saturated rings. The highest BCUT2D eigenvalue weighted by Crippen LogP contribution is 2.19. The predicted molar refractivity (Wildman–Crippen MR) is 84.6 cm³/mol. The molecular formula is C16H25N3O2. The Balaban J connectivity index is 1.82. The average molecular weight is 291 g/mol. The maximum Gasteiger partial charge on any atom is 0.409 e. The lowest BCUT2D eigenvalue weighted by molar-refractivity contribution is 0.209. The molecule has 1 aromatic carbocycles. The molecule has 1 aromatic rings. The van der Waals surface area contributed by atoms with Crippen LogP contribution >= 0.6 is 0 Å². The van der Waals surface area contributed by atoms with Gasteiger partial charge in [-0.25, -0.2) is 4.79 Å². The van der Waals surface area contributed by atoms with Gasteiger partial charge >= 0.3 is 6.09 Å². The molecule has 5 nitrogen and oxygen atoms in total. The van der Waals surface area contributed by atoms with Gasteiger partial charge < -0.3 is 15.7 Å². The van der Waals surface area contributed by atoms with Crippen LogP contribution in [0.3, 0.4) is 0 Å². The number of hydrogen-bond acceptors (Lipinski definition) is 3. The van der Waals surface area contributed by atoms with Crippen LogP contribution < -0.4 is 16.0 Å². The van der Waals surface area contributed by atoms with Gasteiger partial charge in [-0.15, -0.1) is 0 Å². The molecule has 5 heteroatoms. The molecule has 0 spiro atoms. The molecule has 1 heterocycles. The standard InChI is InChI=1S/C16H25N3O2/c1-12(10-13-6-8-17-9-7-13)18-11-14-4-2-3-5-15(14)19-16(20)21/h2-5,12-13,17-19H,6-11H2,1H3,(H,20,21). The fourth-order valence-corrected chi connectivity index (χ4v) is 2.90. The van der Waals surface area contributed by atoms with E-state index in [4.69, 9.17) is 5.11 Å². The van der Waals surface area contributed by atoms with E-state index in [1.165, 1.54) is 19.3 Å². The molecule has 0 aliphatic carbocycles. The lowest BCUT2D eigenvalue weighted by Gasteiger charge is -2.26. The maximum absolute atomic E-state index is 10.8. The van der Waals surface area contributed by atoms with Crippen LogP contribution in [0.1, 0.15) is 31.7 Å². The molecule has 1 amide bonds. The Morgan fingerprint density at radius 1 is 1.38 bits per heavy atom. The molecule has 21 heavy (non-hydrogen) atoms. The fourth-order valence-electron chi connectivity index (χ4n) is 2.90. The van der Waals surface area contributed by atoms with E-state index < -0.39 is 6.09 Å². The highest BCUT2D eigenvalue weighted by atomic mass is 16.4. The van der Waals surface area contributed by atoms with Crippen molar-refractivity contribution in [1.82, 2.24) is 10.6 Å². The highest BCUT2D eigenvalue weighted by molar-refractivity contribution is 5.83. The molecule has 1 unspecified atom stereocenters. The van der Waals surface area contributed by atoms with Crippen molar-refractivity contribution in [2.24, 2.45) is 5.92 Å². The van der Waals surface area contributed by atoms with E-state index in [-0.39, 0.29) is 0 Å². The second-order valence-electron chi connectivity index (χ2n) is 5.80. The first-order chi connectivity index (χ1) is 10.1. The third-order valence-electron chi connectivity index (χ3n) is 4.05. The van der Waals surface area contributed by atoms with Crippen molar-refractivity contribution in [2.75, 3.05) is 18.4 Å². The smallest absolute Gasteiger partial charge is 0.409 e. The van der Waals surface area contributed by atoms with Gasteiger partial charge in [0.05, 0.1) is 0 Å². The Labute approximate surface area is 126 Å². The van der Waals surface area contributed by atoms with Crippen molar-refractivity contribution in [3.05, 3.63) is 29.8 Å². The molecule has 2 rings (SSSR count). The van der Waals surface area contributed by atoms with E-state index >= 15 is 0 Å². The van der Waals surface area contributed by atoms with Gasteiger partial charge in [0.2, 0.25) is 0 Å². The summed E-state index contributed by atoms with van der Waals surface area (Å²) in [7, 11) is 0. The number of piperidine rings is 1. The van der Waals surface area contributed by atoms with E-state index in [2.05, 4.69) is 22.9 Å². The van der Waals surface area contributed by atoms with Crippen LogP contribution in [0.5, 0.6) is 0 Å². The molecule has 1 atom stereocenters. The SMILES string of the molecule is CC(CC1CCNCC1)NCc1ccccc1NC(=O)O. The molecule has 0 radical (unpaired) electrons. The monoisotopic (exact) mass is 291 g/mol. The van der Waals surface area contributed by atoms with Crippen LogP contribution in [0.25, 0.3) is 0 Å². The number of rotatable bonds is 6. The van der Waals surface area contributed by atoms with Gasteiger partial charge in [-0.2, -0.15) is 0 Å². The Bertz CT molecular complexity index is 459. The molecule has 1 aliphatic rings. The summed E-state index contributed by atoms with van der Waals surface area (Å²) in [5, 5.41) is 18.2. The first kappa shape index (κ1) is 15.8. The zero-order valence-corrected chi connectivity index (χ0v) is 12.6. The fraction of sp³-hybridized carbons (Fsp3) is 0.562. The van der Waals surface area contributed by atoms with E-state index in [0.29, 0.717) is 18.3 Å². The Kier molecular flexibility index (Phi) is 6.02. The summed E-state index contributed by atoms with van der Waals surface area (Å²) in [4.78, 5) is 10.8. The second-order valence-corrected chi connectivity index (χ2v) is 5.80. The summed E-state index contributed by atoms with van der Waals surface area (Å²) in [5.41, 5.74) is 1.64. The van der Waals surface area contributed by atoms with Gasteiger partial charge in [0, 0.05) is 18.3 Å². The van der Waals surface area contributed by atoms with Gasteiger partial charge in [-0.1, -0.05) is 18.2 Å². The number of amides is 1. The van der Waals surface area contributed by atoms with Crippen LogP contribution in [0.4, 0.5) is 10.5 Å². The van der Waals surface area contributed by atoms with Crippen molar-refractivity contribution < 1.29 is 9.90 Å². The number of para-hydroxylation sites is 1. The Hall–Kier alpha value is -1.59. The van der Waals surface area contributed by atoms with Crippen molar-refractivity contribution in [3.8, 4) is 0 Å².